The standard InChI is InChI=1S/C12H18N2O5/c15-7-3-10(11(16)17)14(4-7)12(18)13-5-8-1-2-9(6-13)19-8/h7-10,15H,1-6H2,(H,16,17)/t7-,8?,9?,10-/m0/s1. The highest BCUT2D eigenvalue weighted by molar-refractivity contribution is 5.83. The summed E-state index contributed by atoms with van der Waals surface area (Å²) in [4.78, 5) is 26.5. The van der Waals surface area contributed by atoms with E-state index in [1.807, 2.05) is 0 Å². The normalized spacial score (nSPS) is 37.7. The molecule has 3 saturated heterocycles. The van der Waals surface area contributed by atoms with Gasteiger partial charge in [0.2, 0.25) is 0 Å². The van der Waals surface area contributed by atoms with E-state index in [-0.39, 0.29) is 31.2 Å². The molecule has 0 spiro atoms. The number of urea groups is 1. The van der Waals surface area contributed by atoms with Gasteiger partial charge in [-0.15, -0.1) is 0 Å². The number of amides is 2. The lowest BCUT2D eigenvalue weighted by atomic mass is 10.2. The number of aliphatic hydroxyl groups excluding tert-OH is 1. The molecule has 2 bridgehead atoms. The molecule has 3 fully saturated rings. The third kappa shape index (κ3) is 2.28. The minimum absolute atomic E-state index is 0.0819. The van der Waals surface area contributed by atoms with Gasteiger partial charge < -0.3 is 24.7 Å². The third-order valence-electron chi connectivity index (χ3n) is 4.12. The molecule has 3 rings (SSSR count). The van der Waals surface area contributed by atoms with Gasteiger partial charge in [-0.05, 0) is 12.8 Å². The van der Waals surface area contributed by atoms with E-state index in [2.05, 4.69) is 0 Å². The first-order valence-corrected chi connectivity index (χ1v) is 6.66. The fourth-order valence-electron chi connectivity index (χ4n) is 3.21. The SMILES string of the molecule is O=C(O)[C@@H]1C[C@H](O)CN1C(=O)N1CC2CCC(C1)O2. The van der Waals surface area contributed by atoms with Gasteiger partial charge in [0.15, 0.2) is 0 Å². The number of nitrogens with zero attached hydrogens (tertiary/aromatic N) is 2. The molecule has 2 amide bonds. The molecule has 7 heteroatoms. The van der Waals surface area contributed by atoms with Crippen LogP contribution in [0.1, 0.15) is 19.3 Å². The maximum Gasteiger partial charge on any atom is 0.326 e. The molecule has 0 aliphatic carbocycles. The largest absolute Gasteiger partial charge is 0.480 e. The van der Waals surface area contributed by atoms with Gasteiger partial charge >= 0.3 is 12.0 Å². The van der Waals surface area contributed by atoms with Crippen molar-refractivity contribution >= 4 is 12.0 Å². The number of aliphatic hydroxyl groups is 1. The summed E-state index contributed by atoms with van der Waals surface area (Å²) in [7, 11) is 0. The number of hydrogen-bond acceptors (Lipinski definition) is 4. The zero-order valence-electron chi connectivity index (χ0n) is 10.6. The smallest absolute Gasteiger partial charge is 0.326 e. The molecule has 3 aliphatic rings. The maximum absolute atomic E-state index is 12.4. The summed E-state index contributed by atoms with van der Waals surface area (Å²) in [6.07, 6.45) is 1.44. The van der Waals surface area contributed by atoms with Gasteiger partial charge in [-0.1, -0.05) is 0 Å². The fraction of sp³-hybridized carbons (Fsp3) is 0.833. The Balaban J connectivity index is 1.71. The molecule has 0 aromatic rings. The number of fused-ring (bicyclic) bond motifs is 2. The Kier molecular flexibility index (Phi) is 3.10. The molecule has 2 unspecified atom stereocenters. The van der Waals surface area contributed by atoms with Crippen LogP contribution in [-0.2, 0) is 9.53 Å². The van der Waals surface area contributed by atoms with E-state index in [1.165, 1.54) is 4.90 Å². The number of carboxylic acid groups (broad SMARTS) is 1. The molecule has 0 aromatic carbocycles. The number of morpholine rings is 1. The number of hydrogen-bond donors (Lipinski definition) is 2. The first-order valence-electron chi connectivity index (χ1n) is 6.66. The quantitative estimate of drug-likeness (QED) is 0.669. The van der Waals surface area contributed by atoms with Crippen molar-refractivity contribution in [3.8, 4) is 0 Å². The van der Waals surface area contributed by atoms with Gasteiger partial charge in [-0.25, -0.2) is 9.59 Å². The number of aliphatic carboxylic acids is 1. The number of rotatable bonds is 1. The second-order valence-corrected chi connectivity index (χ2v) is 5.54. The van der Waals surface area contributed by atoms with Gasteiger partial charge in [-0.3, -0.25) is 0 Å². The Bertz CT molecular complexity index is 390. The van der Waals surface area contributed by atoms with Crippen LogP contribution in [0.2, 0.25) is 0 Å². The first-order chi connectivity index (χ1) is 9.04. The average molecular weight is 270 g/mol. The van der Waals surface area contributed by atoms with Gasteiger partial charge in [0, 0.05) is 26.1 Å². The number of carbonyl (C=O) groups excluding carboxylic acids is 1. The summed E-state index contributed by atoms with van der Waals surface area (Å²) in [6, 6.07) is -1.20. The summed E-state index contributed by atoms with van der Waals surface area (Å²) in [5.74, 6) is -1.05. The molecule has 19 heavy (non-hydrogen) atoms. The Morgan fingerprint density at radius 1 is 1.11 bits per heavy atom. The van der Waals surface area contributed by atoms with E-state index >= 15 is 0 Å². The minimum atomic E-state index is -1.05. The highest BCUT2D eigenvalue weighted by atomic mass is 16.5. The van der Waals surface area contributed by atoms with E-state index in [9.17, 15) is 14.7 Å². The summed E-state index contributed by atoms with van der Waals surface area (Å²) >= 11 is 0. The highest BCUT2D eigenvalue weighted by Crippen LogP contribution is 2.28. The molecule has 2 N–H and O–H groups in total. The zero-order valence-corrected chi connectivity index (χ0v) is 10.6. The molecule has 106 valence electrons. The second-order valence-electron chi connectivity index (χ2n) is 5.54. The van der Waals surface area contributed by atoms with Crippen LogP contribution in [0.3, 0.4) is 0 Å². The number of carbonyl (C=O) groups is 2. The van der Waals surface area contributed by atoms with Crippen LogP contribution in [0.25, 0.3) is 0 Å². The van der Waals surface area contributed by atoms with Crippen LogP contribution >= 0.6 is 0 Å². The van der Waals surface area contributed by atoms with E-state index in [0.29, 0.717) is 13.1 Å². The lowest BCUT2D eigenvalue weighted by Gasteiger charge is -2.35. The van der Waals surface area contributed by atoms with Crippen LogP contribution in [0, 0.1) is 0 Å². The molecular weight excluding hydrogens is 252 g/mol. The third-order valence-corrected chi connectivity index (χ3v) is 4.12. The number of likely N-dealkylation sites (tertiary alicyclic amines) is 2. The van der Waals surface area contributed by atoms with Crippen molar-refractivity contribution in [2.45, 2.75) is 43.6 Å². The minimum Gasteiger partial charge on any atom is -0.480 e. The predicted molar refractivity (Wildman–Crippen MR) is 63.6 cm³/mol. The van der Waals surface area contributed by atoms with Gasteiger partial charge in [0.05, 0.1) is 18.3 Å². The van der Waals surface area contributed by atoms with Crippen molar-refractivity contribution in [3.63, 3.8) is 0 Å². The number of ether oxygens (including phenoxy) is 1. The van der Waals surface area contributed by atoms with E-state index in [4.69, 9.17) is 9.84 Å². The Labute approximate surface area is 110 Å². The van der Waals surface area contributed by atoms with Gasteiger partial charge in [-0.2, -0.15) is 0 Å². The second kappa shape index (κ2) is 4.64. The number of β-amino-alcohol motifs (C(OH)–C–C–N with tert-alkyl or cyclic N) is 1. The lowest BCUT2D eigenvalue weighted by molar-refractivity contribution is -0.141. The Hall–Kier alpha value is -1.34. The molecule has 3 heterocycles. The lowest BCUT2D eigenvalue weighted by Crippen LogP contribution is -2.53. The van der Waals surface area contributed by atoms with Crippen molar-refractivity contribution in [1.82, 2.24) is 9.80 Å². The molecule has 7 nitrogen and oxygen atoms in total. The van der Waals surface area contributed by atoms with E-state index in [0.717, 1.165) is 12.8 Å². The summed E-state index contributed by atoms with van der Waals surface area (Å²) < 4.78 is 5.66. The van der Waals surface area contributed by atoms with Gasteiger partial charge in [0.1, 0.15) is 6.04 Å². The van der Waals surface area contributed by atoms with E-state index in [1.54, 1.807) is 4.90 Å². The molecule has 0 aromatic heterocycles. The Morgan fingerprint density at radius 3 is 2.32 bits per heavy atom. The summed E-state index contributed by atoms with van der Waals surface area (Å²) in [6.45, 7) is 1.14. The van der Waals surface area contributed by atoms with Gasteiger partial charge in [0.25, 0.3) is 0 Å². The van der Waals surface area contributed by atoms with Crippen molar-refractivity contribution < 1.29 is 24.5 Å². The predicted octanol–water partition coefficient (Wildman–Crippen LogP) is -0.511. The van der Waals surface area contributed by atoms with Crippen LogP contribution in [0.15, 0.2) is 0 Å². The molecule has 0 saturated carbocycles. The molecule has 3 aliphatic heterocycles. The van der Waals surface area contributed by atoms with Crippen molar-refractivity contribution in [2.24, 2.45) is 0 Å². The molecular formula is C12H18N2O5. The zero-order chi connectivity index (χ0) is 13.6. The number of carboxylic acids is 1. The van der Waals surface area contributed by atoms with Crippen molar-refractivity contribution in [3.05, 3.63) is 0 Å². The molecule has 4 atom stereocenters. The molecule has 0 radical (unpaired) electrons. The van der Waals surface area contributed by atoms with Crippen LogP contribution < -0.4 is 0 Å². The van der Waals surface area contributed by atoms with Crippen molar-refractivity contribution in [1.29, 1.82) is 0 Å². The van der Waals surface area contributed by atoms with E-state index < -0.39 is 18.1 Å². The first kappa shape index (κ1) is 12.7. The summed E-state index contributed by atoms with van der Waals surface area (Å²) in [5.41, 5.74) is 0. The van der Waals surface area contributed by atoms with Crippen molar-refractivity contribution in [2.75, 3.05) is 19.6 Å². The topological polar surface area (TPSA) is 90.3 Å². The average Bonchev–Trinajstić information content (AvgIpc) is 2.91. The van der Waals surface area contributed by atoms with Crippen LogP contribution in [-0.4, -0.2) is 76.0 Å². The Morgan fingerprint density at radius 2 is 1.74 bits per heavy atom. The van der Waals surface area contributed by atoms with Crippen LogP contribution in [0.5, 0.6) is 0 Å². The monoisotopic (exact) mass is 270 g/mol. The summed E-state index contributed by atoms with van der Waals surface area (Å²) in [5, 5.41) is 18.7. The van der Waals surface area contributed by atoms with Crippen LogP contribution in [0.4, 0.5) is 4.79 Å². The highest BCUT2D eigenvalue weighted by Gasteiger charge is 2.43. The maximum atomic E-state index is 12.4. The fourth-order valence-corrected chi connectivity index (χ4v) is 3.21.